The Morgan fingerprint density at radius 3 is 2.92 bits per heavy atom. The summed E-state index contributed by atoms with van der Waals surface area (Å²) in [6.07, 6.45) is 0.786. The van der Waals surface area contributed by atoms with Gasteiger partial charge in [-0.25, -0.2) is 8.78 Å². The molecule has 2 amide bonds. The van der Waals surface area contributed by atoms with Crippen molar-refractivity contribution in [3.63, 3.8) is 0 Å². The Balaban J connectivity index is 2.05. The number of rotatable bonds is 5. The van der Waals surface area contributed by atoms with Crippen LogP contribution in [0.25, 0.3) is 0 Å². The highest BCUT2D eigenvalue weighted by Gasteiger charge is 2.48. The van der Waals surface area contributed by atoms with Crippen molar-refractivity contribution in [1.29, 1.82) is 5.26 Å². The fourth-order valence-electron chi connectivity index (χ4n) is 2.65. The van der Waals surface area contributed by atoms with Gasteiger partial charge in [0.05, 0.1) is 18.3 Å². The lowest BCUT2D eigenvalue weighted by Gasteiger charge is -2.23. The Kier molecular flexibility index (Phi) is 5.64. The molecule has 7 nitrogen and oxygen atoms in total. The van der Waals surface area contributed by atoms with Crippen LogP contribution in [0.3, 0.4) is 0 Å². The summed E-state index contributed by atoms with van der Waals surface area (Å²) in [6.45, 7) is 1.06. The molecule has 1 fully saturated rings. The zero-order valence-electron chi connectivity index (χ0n) is 13.9. The smallest absolute Gasteiger partial charge is 0.268 e. The molecule has 0 radical (unpaired) electrons. The van der Waals surface area contributed by atoms with Gasteiger partial charge in [0.2, 0.25) is 5.91 Å². The van der Waals surface area contributed by atoms with Gasteiger partial charge in [0.25, 0.3) is 11.8 Å². The number of halogens is 2. The van der Waals surface area contributed by atoms with Crippen molar-refractivity contribution in [2.24, 2.45) is 0 Å². The summed E-state index contributed by atoms with van der Waals surface area (Å²) >= 11 is 0. The molecule has 0 aliphatic carbocycles. The summed E-state index contributed by atoms with van der Waals surface area (Å²) in [7, 11) is 1.74. The predicted octanol–water partition coefficient (Wildman–Crippen LogP) is 0.679. The number of nitrogens with one attached hydrogen (secondary N) is 2. The summed E-state index contributed by atoms with van der Waals surface area (Å²) < 4.78 is 26.9. The number of nitriles is 1. The molecule has 0 aromatic carbocycles. The molecule has 2 heterocycles. The first kappa shape index (κ1) is 18.7. The van der Waals surface area contributed by atoms with Gasteiger partial charge in [-0.15, -0.1) is 0 Å². The normalized spacial score (nSPS) is 20.0. The second-order valence-corrected chi connectivity index (χ2v) is 5.93. The Hall–Kier alpha value is -2.60. The average Bonchev–Trinajstić information content (AvgIpc) is 2.89. The van der Waals surface area contributed by atoms with E-state index < -0.39 is 42.8 Å². The molecule has 1 aliphatic rings. The Morgan fingerprint density at radius 2 is 2.28 bits per heavy atom. The lowest BCUT2D eigenvalue weighted by atomic mass is 10.2. The molecule has 0 saturated carbocycles. The summed E-state index contributed by atoms with van der Waals surface area (Å²) in [5.41, 5.74) is 0.960. The van der Waals surface area contributed by atoms with Crippen molar-refractivity contribution < 1.29 is 18.4 Å². The van der Waals surface area contributed by atoms with Crippen molar-refractivity contribution in [3.05, 3.63) is 29.6 Å². The minimum Gasteiger partial charge on any atom is -0.341 e. The number of hydrogen-bond acceptors (Lipinski definition) is 5. The molecular formula is C16H19F2N5O2. The Morgan fingerprint density at radius 1 is 1.56 bits per heavy atom. The van der Waals surface area contributed by atoms with Crippen LogP contribution in [0.2, 0.25) is 0 Å². The zero-order chi connectivity index (χ0) is 18.6. The highest BCUT2D eigenvalue weighted by atomic mass is 19.3. The van der Waals surface area contributed by atoms with Gasteiger partial charge in [0, 0.05) is 24.7 Å². The maximum Gasteiger partial charge on any atom is 0.268 e. The quantitative estimate of drug-likeness (QED) is 0.813. The van der Waals surface area contributed by atoms with Gasteiger partial charge < -0.3 is 15.5 Å². The molecule has 1 aromatic rings. The van der Waals surface area contributed by atoms with Crippen molar-refractivity contribution in [2.75, 3.05) is 13.6 Å². The third-order valence-corrected chi connectivity index (χ3v) is 3.86. The minimum absolute atomic E-state index is 0.309. The Labute approximate surface area is 144 Å². The molecule has 2 rings (SSSR count). The molecule has 2 atom stereocenters. The average molecular weight is 351 g/mol. The van der Waals surface area contributed by atoms with E-state index in [4.69, 9.17) is 5.26 Å². The van der Waals surface area contributed by atoms with Crippen molar-refractivity contribution in [2.45, 2.75) is 37.9 Å². The summed E-state index contributed by atoms with van der Waals surface area (Å²) in [5, 5.41) is 14.4. The van der Waals surface area contributed by atoms with Gasteiger partial charge >= 0.3 is 0 Å². The van der Waals surface area contributed by atoms with E-state index in [0.717, 1.165) is 4.90 Å². The van der Waals surface area contributed by atoms with Gasteiger partial charge in [-0.05, 0) is 26.1 Å². The second-order valence-electron chi connectivity index (χ2n) is 5.93. The molecule has 2 N–H and O–H groups in total. The number of pyridine rings is 1. The number of amides is 2. The maximum atomic E-state index is 13.5. The van der Waals surface area contributed by atoms with Crippen LogP contribution in [0.1, 0.15) is 29.4 Å². The second kappa shape index (κ2) is 7.53. The first-order valence-electron chi connectivity index (χ1n) is 7.75. The highest BCUT2D eigenvalue weighted by Crippen LogP contribution is 2.32. The first-order valence-corrected chi connectivity index (χ1v) is 7.75. The van der Waals surface area contributed by atoms with E-state index in [2.05, 4.69) is 15.6 Å². The van der Waals surface area contributed by atoms with Crippen LogP contribution in [0.5, 0.6) is 0 Å². The minimum atomic E-state index is -3.09. The lowest BCUT2D eigenvalue weighted by Crippen LogP contribution is -2.48. The number of likely N-dealkylation sites (tertiary alicyclic amines) is 1. The topological polar surface area (TPSA) is 98.1 Å². The number of aromatic nitrogens is 1. The largest absolute Gasteiger partial charge is 0.341 e. The van der Waals surface area contributed by atoms with Crippen molar-refractivity contribution >= 4 is 11.8 Å². The number of carbonyl (C=O) groups excluding carboxylic acids is 2. The third-order valence-electron chi connectivity index (χ3n) is 3.86. The fraction of sp³-hybridized carbons (Fsp3) is 0.500. The van der Waals surface area contributed by atoms with Crippen LogP contribution < -0.4 is 10.6 Å². The predicted molar refractivity (Wildman–Crippen MR) is 84.6 cm³/mol. The van der Waals surface area contributed by atoms with Gasteiger partial charge in [0.15, 0.2) is 0 Å². The third kappa shape index (κ3) is 4.48. The molecule has 0 bridgehead atoms. The molecule has 9 heteroatoms. The van der Waals surface area contributed by atoms with E-state index in [1.54, 1.807) is 19.2 Å². The van der Waals surface area contributed by atoms with E-state index in [-0.39, 0.29) is 0 Å². The van der Waals surface area contributed by atoms with E-state index >= 15 is 0 Å². The van der Waals surface area contributed by atoms with Crippen LogP contribution in [0, 0.1) is 11.3 Å². The number of nitrogens with zero attached hydrogens (tertiary/aromatic N) is 3. The highest BCUT2D eigenvalue weighted by molar-refractivity contribution is 5.97. The van der Waals surface area contributed by atoms with Crippen molar-refractivity contribution in [3.8, 4) is 6.07 Å². The van der Waals surface area contributed by atoms with E-state index in [0.29, 0.717) is 17.8 Å². The van der Waals surface area contributed by atoms with Crippen LogP contribution in [0.4, 0.5) is 8.78 Å². The zero-order valence-corrected chi connectivity index (χ0v) is 13.9. The van der Waals surface area contributed by atoms with E-state index in [9.17, 15) is 18.4 Å². The summed E-state index contributed by atoms with van der Waals surface area (Å²) in [4.78, 5) is 29.5. The Bertz CT molecular complexity index is 704. The standard InChI is InChI=1S/C16H19F2N5O2/c1-10(15(25)23-9-16(17,18)6-13(23)7-19)22-14(24)11-3-4-21-12(5-11)8-20-2/h3-5,10,13,20H,6,8-9H2,1-2H3,(H,22,24)/t10-,13+/m1/s1. The molecule has 134 valence electrons. The number of alkyl halides is 2. The van der Waals surface area contributed by atoms with Crippen LogP contribution in [0.15, 0.2) is 18.3 Å². The SMILES string of the molecule is CNCc1cc(C(=O)N[C@H](C)C(=O)N2CC(F)(F)C[C@H]2C#N)ccn1. The monoisotopic (exact) mass is 351 g/mol. The number of carbonyl (C=O) groups is 2. The summed E-state index contributed by atoms with van der Waals surface area (Å²) in [6, 6.07) is 2.56. The lowest BCUT2D eigenvalue weighted by molar-refractivity contribution is -0.134. The molecule has 1 aromatic heterocycles. The molecule has 1 saturated heterocycles. The molecular weight excluding hydrogens is 332 g/mol. The van der Waals surface area contributed by atoms with Crippen molar-refractivity contribution in [1.82, 2.24) is 20.5 Å². The number of hydrogen-bond donors (Lipinski definition) is 2. The van der Waals surface area contributed by atoms with E-state index in [1.807, 2.05) is 0 Å². The van der Waals surface area contributed by atoms with E-state index in [1.165, 1.54) is 19.2 Å². The van der Waals surface area contributed by atoms with Gasteiger partial charge in [-0.3, -0.25) is 14.6 Å². The van der Waals surface area contributed by atoms with Gasteiger partial charge in [-0.1, -0.05) is 0 Å². The van der Waals surface area contributed by atoms with Crippen LogP contribution in [-0.4, -0.2) is 53.3 Å². The maximum absolute atomic E-state index is 13.5. The van der Waals surface area contributed by atoms with Crippen LogP contribution >= 0.6 is 0 Å². The molecule has 0 unspecified atom stereocenters. The summed E-state index contributed by atoms with van der Waals surface area (Å²) in [5.74, 6) is -4.31. The fourth-order valence-corrected chi connectivity index (χ4v) is 2.65. The molecule has 1 aliphatic heterocycles. The van der Waals surface area contributed by atoms with Gasteiger partial charge in [-0.2, -0.15) is 5.26 Å². The first-order chi connectivity index (χ1) is 11.8. The molecule has 25 heavy (non-hydrogen) atoms. The molecule has 0 spiro atoms. The van der Waals surface area contributed by atoms with Gasteiger partial charge in [0.1, 0.15) is 12.1 Å². The van der Waals surface area contributed by atoms with Crippen LogP contribution in [-0.2, 0) is 11.3 Å².